The minimum atomic E-state index is -2.86. The monoisotopic (exact) mass is 314 g/mol. The van der Waals surface area contributed by atoms with Crippen LogP contribution in [-0.4, -0.2) is 18.2 Å². The Hall–Kier alpha value is -1.73. The number of hydrogen-bond donors (Lipinski definition) is 1. The van der Waals surface area contributed by atoms with Crippen LogP contribution >= 0.6 is 11.3 Å². The van der Waals surface area contributed by atoms with Crippen molar-refractivity contribution in [3.05, 3.63) is 40.3 Å². The summed E-state index contributed by atoms with van der Waals surface area (Å²) in [5, 5.41) is 6.15. The maximum atomic E-state index is 12.3. The molecule has 1 aromatic carbocycles. The summed E-state index contributed by atoms with van der Waals surface area (Å²) in [7, 11) is 0. The molecule has 2 rings (SSSR count). The first-order valence-electron chi connectivity index (χ1n) is 6.48. The smallest absolute Gasteiger partial charge is 0.387 e. The molecule has 1 heterocycles. The van der Waals surface area contributed by atoms with Gasteiger partial charge in [-0.1, -0.05) is 6.07 Å². The molecule has 0 radical (unpaired) electrons. The summed E-state index contributed by atoms with van der Waals surface area (Å²) >= 11 is 1.58. The number of alkyl halides is 2. The number of halogens is 2. The van der Waals surface area contributed by atoms with E-state index in [0.717, 1.165) is 10.6 Å². The molecule has 0 fully saturated rings. The maximum Gasteiger partial charge on any atom is 0.387 e. The first-order chi connectivity index (χ1) is 10.2. The van der Waals surface area contributed by atoms with Gasteiger partial charge >= 0.3 is 6.61 Å². The highest BCUT2D eigenvalue weighted by molar-refractivity contribution is 7.09. The summed E-state index contributed by atoms with van der Waals surface area (Å²) in [4.78, 5) is 4.17. The molecule has 0 bridgehead atoms. The van der Waals surface area contributed by atoms with Crippen LogP contribution in [0.2, 0.25) is 0 Å². The fraction of sp³-hybridized carbons (Fsp3) is 0.357. The maximum absolute atomic E-state index is 12.3. The molecule has 0 spiro atoms. The number of benzene rings is 1. The van der Waals surface area contributed by atoms with Crippen molar-refractivity contribution in [2.45, 2.75) is 26.6 Å². The Bertz CT molecular complexity index is 550. The third kappa shape index (κ3) is 4.95. The van der Waals surface area contributed by atoms with Crippen LogP contribution in [0.1, 0.15) is 17.5 Å². The minimum absolute atomic E-state index is 0.0514. The fourth-order valence-corrected chi connectivity index (χ4v) is 2.36. The predicted molar refractivity (Wildman–Crippen MR) is 76.9 cm³/mol. The second-order valence-electron chi connectivity index (χ2n) is 4.12. The van der Waals surface area contributed by atoms with E-state index in [-0.39, 0.29) is 5.75 Å². The summed E-state index contributed by atoms with van der Waals surface area (Å²) in [5.41, 5.74) is 0.927. The largest absolute Gasteiger partial charge is 0.490 e. The van der Waals surface area contributed by atoms with Crippen molar-refractivity contribution < 1.29 is 18.3 Å². The van der Waals surface area contributed by atoms with E-state index in [1.807, 2.05) is 5.38 Å². The van der Waals surface area contributed by atoms with E-state index in [2.05, 4.69) is 15.0 Å². The fourth-order valence-electron chi connectivity index (χ4n) is 1.78. The van der Waals surface area contributed by atoms with Crippen LogP contribution in [0.25, 0.3) is 0 Å². The highest BCUT2D eigenvalue weighted by atomic mass is 32.1. The van der Waals surface area contributed by atoms with Gasteiger partial charge in [-0.25, -0.2) is 4.98 Å². The van der Waals surface area contributed by atoms with Crippen LogP contribution in [-0.2, 0) is 13.1 Å². The summed E-state index contributed by atoms with van der Waals surface area (Å²) in [6.45, 7) is 0.568. The Morgan fingerprint density at radius 1 is 1.29 bits per heavy atom. The Balaban J connectivity index is 1.97. The SMILES string of the molecule is CCOc1cc(CNCc2nccs2)ccc1OC(F)F. The zero-order valence-corrected chi connectivity index (χ0v) is 12.3. The Morgan fingerprint density at radius 2 is 2.14 bits per heavy atom. The van der Waals surface area contributed by atoms with Crippen molar-refractivity contribution >= 4 is 11.3 Å². The molecular formula is C14H16F2N2O2S. The third-order valence-corrected chi connectivity index (χ3v) is 3.39. The lowest BCUT2D eigenvalue weighted by Crippen LogP contribution is -2.13. The van der Waals surface area contributed by atoms with Crippen molar-refractivity contribution in [1.29, 1.82) is 0 Å². The Labute approximate surface area is 125 Å². The van der Waals surface area contributed by atoms with Crippen molar-refractivity contribution in [2.24, 2.45) is 0 Å². The highest BCUT2D eigenvalue weighted by Gasteiger charge is 2.11. The Morgan fingerprint density at radius 3 is 2.81 bits per heavy atom. The molecule has 0 unspecified atom stereocenters. The number of ether oxygens (including phenoxy) is 2. The average Bonchev–Trinajstić information content (AvgIpc) is 2.94. The summed E-state index contributed by atoms with van der Waals surface area (Å²) in [6.07, 6.45) is 1.76. The summed E-state index contributed by atoms with van der Waals surface area (Å²) in [5.74, 6) is 0.377. The van der Waals surface area contributed by atoms with Gasteiger partial charge in [0.15, 0.2) is 11.5 Å². The molecule has 21 heavy (non-hydrogen) atoms. The third-order valence-electron chi connectivity index (χ3n) is 2.61. The molecular weight excluding hydrogens is 298 g/mol. The van der Waals surface area contributed by atoms with Gasteiger partial charge in [0.1, 0.15) is 5.01 Å². The van der Waals surface area contributed by atoms with Crippen molar-refractivity contribution in [1.82, 2.24) is 10.3 Å². The molecule has 0 aliphatic heterocycles. The van der Waals surface area contributed by atoms with Crippen molar-refractivity contribution in [2.75, 3.05) is 6.61 Å². The summed E-state index contributed by atoms with van der Waals surface area (Å²) in [6, 6.07) is 4.93. The van der Waals surface area contributed by atoms with Crippen molar-refractivity contribution in [3.8, 4) is 11.5 Å². The second-order valence-corrected chi connectivity index (χ2v) is 5.10. The molecule has 0 aliphatic rings. The molecule has 7 heteroatoms. The van der Waals surface area contributed by atoms with E-state index in [9.17, 15) is 8.78 Å². The first kappa shape index (κ1) is 15.7. The molecule has 2 aromatic rings. The van der Waals surface area contributed by atoms with Gasteiger partial charge in [-0.15, -0.1) is 11.3 Å². The summed E-state index contributed by atoms with van der Waals surface area (Å²) < 4.78 is 34.4. The molecule has 1 aromatic heterocycles. The van der Waals surface area contributed by atoms with Gasteiger partial charge in [-0.3, -0.25) is 0 Å². The van der Waals surface area contributed by atoms with Gasteiger partial charge in [0.25, 0.3) is 0 Å². The number of rotatable bonds is 8. The standard InChI is InChI=1S/C14H16F2N2O2S/c1-2-19-12-7-10(3-4-11(12)20-14(15)16)8-17-9-13-18-5-6-21-13/h3-7,14,17H,2,8-9H2,1H3. The van der Waals surface area contributed by atoms with Crippen LogP contribution in [0.15, 0.2) is 29.8 Å². The number of hydrogen-bond acceptors (Lipinski definition) is 5. The van der Waals surface area contributed by atoms with Crippen LogP contribution in [0.3, 0.4) is 0 Å². The van der Waals surface area contributed by atoms with E-state index in [1.54, 1.807) is 36.6 Å². The number of nitrogens with zero attached hydrogens (tertiary/aromatic N) is 1. The molecule has 0 atom stereocenters. The minimum Gasteiger partial charge on any atom is -0.490 e. The van der Waals surface area contributed by atoms with E-state index in [1.165, 1.54) is 6.07 Å². The van der Waals surface area contributed by atoms with Crippen LogP contribution in [0, 0.1) is 0 Å². The number of aromatic nitrogens is 1. The quantitative estimate of drug-likeness (QED) is 0.810. The lowest BCUT2D eigenvalue weighted by molar-refractivity contribution is -0.0514. The van der Waals surface area contributed by atoms with Gasteiger partial charge in [0, 0.05) is 24.7 Å². The van der Waals surface area contributed by atoms with Gasteiger partial charge in [0.05, 0.1) is 6.61 Å². The van der Waals surface area contributed by atoms with E-state index < -0.39 is 6.61 Å². The average molecular weight is 314 g/mol. The van der Waals surface area contributed by atoms with Crippen LogP contribution in [0.4, 0.5) is 8.78 Å². The van der Waals surface area contributed by atoms with Gasteiger partial charge in [-0.2, -0.15) is 8.78 Å². The molecule has 114 valence electrons. The molecule has 0 aliphatic carbocycles. The molecule has 0 amide bonds. The van der Waals surface area contributed by atoms with Gasteiger partial charge in [0.2, 0.25) is 0 Å². The first-order valence-corrected chi connectivity index (χ1v) is 7.36. The van der Waals surface area contributed by atoms with Crippen molar-refractivity contribution in [3.63, 3.8) is 0 Å². The van der Waals surface area contributed by atoms with E-state index in [4.69, 9.17) is 4.74 Å². The molecule has 0 saturated heterocycles. The Kier molecular flexibility index (Phi) is 5.89. The van der Waals surface area contributed by atoms with Crippen LogP contribution < -0.4 is 14.8 Å². The zero-order chi connectivity index (χ0) is 15.1. The zero-order valence-electron chi connectivity index (χ0n) is 11.5. The molecule has 1 N–H and O–H groups in total. The van der Waals surface area contributed by atoms with Crippen LogP contribution in [0.5, 0.6) is 11.5 Å². The lowest BCUT2D eigenvalue weighted by Gasteiger charge is -2.13. The lowest BCUT2D eigenvalue weighted by atomic mass is 10.2. The predicted octanol–water partition coefficient (Wildman–Crippen LogP) is 3.43. The molecule has 4 nitrogen and oxygen atoms in total. The van der Waals surface area contributed by atoms with Gasteiger partial charge in [-0.05, 0) is 24.6 Å². The second kappa shape index (κ2) is 7.90. The number of thiazole rings is 1. The highest BCUT2D eigenvalue weighted by Crippen LogP contribution is 2.29. The topological polar surface area (TPSA) is 43.4 Å². The van der Waals surface area contributed by atoms with E-state index in [0.29, 0.717) is 25.4 Å². The number of nitrogens with one attached hydrogen (secondary N) is 1. The normalized spacial score (nSPS) is 10.9. The van der Waals surface area contributed by atoms with E-state index >= 15 is 0 Å². The van der Waals surface area contributed by atoms with Gasteiger partial charge < -0.3 is 14.8 Å². The molecule has 0 saturated carbocycles.